The van der Waals surface area contributed by atoms with Gasteiger partial charge in [0.15, 0.2) is 0 Å². The maximum absolute atomic E-state index is 11.8. The van der Waals surface area contributed by atoms with Gasteiger partial charge in [-0.3, -0.25) is 0 Å². The van der Waals surface area contributed by atoms with Crippen molar-refractivity contribution in [3.05, 3.63) is 30.3 Å². The van der Waals surface area contributed by atoms with Crippen LogP contribution in [0.2, 0.25) is 0 Å². The Hall–Kier alpha value is -1.51. The van der Waals surface area contributed by atoms with Gasteiger partial charge in [0.2, 0.25) is 0 Å². The van der Waals surface area contributed by atoms with Crippen molar-refractivity contribution >= 4 is 11.7 Å². The Bertz CT molecular complexity index is 364. The van der Waals surface area contributed by atoms with Gasteiger partial charge in [0.05, 0.1) is 0 Å². The lowest BCUT2D eigenvalue weighted by Gasteiger charge is -2.29. The van der Waals surface area contributed by atoms with Gasteiger partial charge in [-0.05, 0) is 30.9 Å². The Balaban J connectivity index is 1.84. The van der Waals surface area contributed by atoms with E-state index in [1.807, 2.05) is 30.3 Å². The molecule has 1 saturated carbocycles. The molecular formula is C14H20N2O. The number of para-hydroxylation sites is 1. The number of carbonyl (C=O) groups excluding carboxylic acids is 1. The molecule has 92 valence electrons. The third-order valence-corrected chi connectivity index (χ3v) is 3.46. The van der Waals surface area contributed by atoms with Crippen LogP contribution in [0.3, 0.4) is 0 Å². The van der Waals surface area contributed by atoms with Gasteiger partial charge >= 0.3 is 6.03 Å². The molecular weight excluding hydrogens is 212 g/mol. The smallest absolute Gasteiger partial charge is 0.319 e. The van der Waals surface area contributed by atoms with Crippen LogP contribution in [0.4, 0.5) is 10.5 Å². The average molecular weight is 232 g/mol. The highest BCUT2D eigenvalue weighted by Gasteiger charge is 2.22. The molecule has 0 saturated heterocycles. The van der Waals surface area contributed by atoms with Gasteiger partial charge in [0, 0.05) is 11.7 Å². The standard InChI is InChI=1S/C14H20N2O/c1-11-7-5-6-10-13(11)16-14(17)15-12-8-3-2-4-9-12/h2-4,8-9,11,13H,5-7,10H2,1H3,(H2,15,16,17)/t11-,13+/m1/s1. The maximum atomic E-state index is 11.8. The van der Waals surface area contributed by atoms with Crippen molar-refractivity contribution in [1.82, 2.24) is 5.32 Å². The van der Waals surface area contributed by atoms with Crippen LogP contribution in [0.15, 0.2) is 30.3 Å². The molecule has 1 aromatic rings. The second-order valence-corrected chi connectivity index (χ2v) is 4.83. The highest BCUT2D eigenvalue weighted by atomic mass is 16.2. The Kier molecular flexibility index (Phi) is 4.02. The molecule has 0 aliphatic heterocycles. The average Bonchev–Trinajstić information content (AvgIpc) is 2.33. The molecule has 17 heavy (non-hydrogen) atoms. The summed E-state index contributed by atoms with van der Waals surface area (Å²) >= 11 is 0. The van der Waals surface area contributed by atoms with Gasteiger partial charge in [0.25, 0.3) is 0 Å². The van der Waals surface area contributed by atoms with Gasteiger partial charge in [-0.25, -0.2) is 4.79 Å². The van der Waals surface area contributed by atoms with E-state index in [0.29, 0.717) is 12.0 Å². The lowest BCUT2D eigenvalue weighted by atomic mass is 9.86. The number of rotatable bonds is 2. The molecule has 3 nitrogen and oxygen atoms in total. The third kappa shape index (κ3) is 3.48. The SMILES string of the molecule is C[C@@H]1CCCC[C@@H]1NC(=O)Nc1ccccc1. The number of urea groups is 1. The van der Waals surface area contributed by atoms with E-state index in [4.69, 9.17) is 0 Å². The number of benzene rings is 1. The summed E-state index contributed by atoms with van der Waals surface area (Å²) in [6.07, 6.45) is 4.83. The normalized spacial score (nSPS) is 24.1. The topological polar surface area (TPSA) is 41.1 Å². The van der Waals surface area contributed by atoms with Crippen LogP contribution in [0, 0.1) is 5.92 Å². The molecule has 0 aromatic heterocycles. The molecule has 1 aliphatic rings. The van der Waals surface area contributed by atoms with Crippen LogP contribution in [0.25, 0.3) is 0 Å². The fourth-order valence-corrected chi connectivity index (χ4v) is 2.39. The predicted octanol–water partition coefficient (Wildman–Crippen LogP) is 3.39. The lowest BCUT2D eigenvalue weighted by Crippen LogP contribution is -2.43. The Morgan fingerprint density at radius 2 is 1.88 bits per heavy atom. The zero-order valence-electron chi connectivity index (χ0n) is 10.3. The molecule has 3 heteroatoms. The van der Waals surface area contributed by atoms with Crippen molar-refractivity contribution in [1.29, 1.82) is 0 Å². The van der Waals surface area contributed by atoms with Gasteiger partial charge < -0.3 is 10.6 Å². The monoisotopic (exact) mass is 232 g/mol. The first-order valence-electron chi connectivity index (χ1n) is 6.38. The summed E-state index contributed by atoms with van der Waals surface area (Å²) in [4.78, 5) is 11.8. The minimum absolute atomic E-state index is 0.0880. The molecule has 2 atom stereocenters. The number of carbonyl (C=O) groups is 1. The maximum Gasteiger partial charge on any atom is 0.319 e. The molecule has 1 aliphatic carbocycles. The van der Waals surface area contributed by atoms with Gasteiger partial charge in [-0.15, -0.1) is 0 Å². The Labute approximate surface area is 103 Å². The van der Waals surface area contributed by atoms with Crippen LogP contribution in [0.5, 0.6) is 0 Å². The lowest BCUT2D eigenvalue weighted by molar-refractivity contribution is 0.232. The molecule has 2 amide bonds. The van der Waals surface area contributed by atoms with Crippen LogP contribution in [0.1, 0.15) is 32.6 Å². The summed E-state index contributed by atoms with van der Waals surface area (Å²) in [5.74, 6) is 0.588. The van der Waals surface area contributed by atoms with Gasteiger partial charge in [-0.2, -0.15) is 0 Å². The zero-order chi connectivity index (χ0) is 12.1. The molecule has 0 heterocycles. The zero-order valence-corrected chi connectivity index (χ0v) is 10.3. The van der Waals surface area contributed by atoms with Crippen molar-refractivity contribution in [2.24, 2.45) is 5.92 Å². The summed E-state index contributed by atoms with van der Waals surface area (Å²) in [7, 11) is 0. The number of hydrogen-bond donors (Lipinski definition) is 2. The van der Waals surface area contributed by atoms with Crippen molar-refractivity contribution in [2.45, 2.75) is 38.6 Å². The van der Waals surface area contributed by atoms with E-state index in [1.54, 1.807) is 0 Å². The first-order chi connectivity index (χ1) is 8.25. The number of anilines is 1. The quantitative estimate of drug-likeness (QED) is 0.806. The largest absolute Gasteiger partial charge is 0.335 e. The van der Waals surface area contributed by atoms with E-state index in [2.05, 4.69) is 17.6 Å². The minimum Gasteiger partial charge on any atom is -0.335 e. The summed E-state index contributed by atoms with van der Waals surface area (Å²) in [5.41, 5.74) is 0.841. The number of hydrogen-bond acceptors (Lipinski definition) is 1. The first kappa shape index (κ1) is 12.0. The van der Waals surface area contributed by atoms with Crippen LogP contribution >= 0.6 is 0 Å². The molecule has 0 spiro atoms. The fourth-order valence-electron chi connectivity index (χ4n) is 2.39. The van der Waals surface area contributed by atoms with Crippen molar-refractivity contribution in [3.8, 4) is 0 Å². The predicted molar refractivity (Wildman–Crippen MR) is 70.0 cm³/mol. The van der Waals surface area contributed by atoms with Crippen LogP contribution in [-0.2, 0) is 0 Å². The number of amides is 2. The van der Waals surface area contributed by atoms with E-state index >= 15 is 0 Å². The Morgan fingerprint density at radius 1 is 1.18 bits per heavy atom. The van der Waals surface area contributed by atoms with Crippen molar-refractivity contribution in [3.63, 3.8) is 0 Å². The second kappa shape index (κ2) is 5.71. The van der Waals surface area contributed by atoms with Crippen LogP contribution in [-0.4, -0.2) is 12.1 Å². The van der Waals surface area contributed by atoms with Crippen molar-refractivity contribution in [2.75, 3.05) is 5.32 Å². The molecule has 0 unspecified atom stereocenters. The fraction of sp³-hybridized carbons (Fsp3) is 0.500. The third-order valence-electron chi connectivity index (χ3n) is 3.46. The summed E-state index contributed by atoms with van der Waals surface area (Å²) in [6.45, 7) is 2.21. The molecule has 2 rings (SSSR count). The van der Waals surface area contributed by atoms with Gasteiger partial charge in [-0.1, -0.05) is 38.0 Å². The minimum atomic E-state index is -0.0880. The van der Waals surface area contributed by atoms with E-state index in [0.717, 1.165) is 12.1 Å². The van der Waals surface area contributed by atoms with Gasteiger partial charge in [0.1, 0.15) is 0 Å². The first-order valence-corrected chi connectivity index (χ1v) is 6.38. The molecule has 1 aromatic carbocycles. The second-order valence-electron chi connectivity index (χ2n) is 4.83. The molecule has 1 fully saturated rings. The molecule has 2 N–H and O–H groups in total. The van der Waals surface area contributed by atoms with E-state index in [-0.39, 0.29) is 6.03 Å². The van der Waals surface area contributed by atoms with Crippen molar-refractivity contribution < 1.29 is 4.79 Å². The number of nitrogens with one attached hydrogen (secondary N) is 2. The van der Waals surface area contributed by atoms with Crippen LogP contribution < -0.4 is 10.6 Å². The summed E-state index contributed by atoms with van der Waals surface area (Å²) in [5, 5.41) is 5.93. The Morgan fingerprint density at radius 3 is 2.59 bits per heavy atom. The summed E-state index contributed by atoms with van der Waals surface area (Å²) in [6, 6.07) is 9.79. The summed E-state index contributed by atoms with van der Waals surface area (Å²) < 4.78 is 0. The highest BCUT2D eigenvalue weighted by Crippen LogP contribution is 2.23. The molecule has 0 radical (unpaired) electrons. The van der Waals surface area contributed by atoms with E-state index in [1.165, 1.54) is 19.3 Å². The van der Waals surface area contributed by atoms with E-state index in [9.17, 15) is 4.79 Å². The van der Waals surface area contributed by atoms with E-state index < -0.39 is 0 Å². The highest BCUT2D eigenvalue weighted by molar-refractivity contribution is 5.89. The molecule has 0 bridgehead atoms.